The van der Waals surface area contributed by atoms with Crippen molar-refractivity contribution in [2.45, 2.75) is 12.5 Å². The van der Waals surface area contributed by atoms with E-state index < -0.39 is 17.9 Å². The Balaban J connectivity index is 2.10. The molecule has 1 atom stereocenters. The standard InChI is InChI=1S/C16H15NO5/c18-12-6-4-10(5-7-12)8-14(16(21)22)17-15(20)11-2-1-3-13(19)9-11/h1-7,9,14,18-19H,8H2,(H,17,20)(H,21,22). The normalized spacial score (nSPS) is 11.6. The van der Waals surface area contributed by atoms with E-state index in [4.69, 9.17) is 0 Å². The van der Waals surface area contributed by atoms with Crippen molar-refractivity contribution in [2.75, 3.05) is 0 Å². The van der Waals surface area contributed by atoms with Crippen LogP contribution in [0.4, 0.5) is 0 Å². The van der Waals surface area contributed by atoms with Crippen molar-refractivity contribution >= 4 is 11.9 Å². The van der Waals surface area contributed by atoms with Crippen molar-refractivity contribution in [3.63, 3.8) is 0 Å². The average molecular weight is 301 g/mol. The molecule has 0 saturated heterocycles. The van der Waals surface area contributed by atoms with Gasteiger partial charge in [-0.2, -0.15) is 0 Å². The number of benzene rings is 2. The number of hydrogen-bond donors (Lipinski definition) is 4. The Kier molecular flexibility index (Phi) is 4.63. The average Bonchev–Trinajstić information content (AvgIpc) is 2.48. The number of carbonyl (C=O) groups excluding carboxylic acids is 1. The van der Waals surface area contributed by atoms with Gasteiger partial charge in [-0.05, 0) is 35.9 Å². The smallest absolute Gasteiger partial charge is 0.326 e. The minimum absolute atomic E-state index is 0.0712. The first-order chi connectivity index (χ1) is 10.5. The summed E-state index contributed by atoms with van der Waals surface area (Å²) in [4.78, 5) is 23.3. The number of carbonyl (C=O) groups is 2. The molecule has 22 heavy (non-hydrogen) atoms. The second-order valence-electron chi connectivity index (χ2n) is 4.79. The van der Waals surface area contributed by atoms with Crippen molar-refractivity contribution in [3.05, 3.63) is 59.7 Å². The van der Waals surface area contributed by atoms with Crippen molar-refractivity contribution < 1.29 is 24.9 Å². The summed E-state index contributed by atoms with van der Waals surface area (Å²) in [7, 11) is 0. The van der Waals surface area contributed by atoms with Gasteiger partial charge < -0.3 is 20.6 Å². The molecular weight excluding hydrogens is 286 g/mol. The number of hydrogen-bond acceptors (Lipinski definition) is 4. The molecule has 0 heterocycles. The number of phenolic OH excluding ortho intramolecular Hbond substituents is 2. The molecule has 4 N–H and O–H groups in total. The molecule has 6 nitrogen and oxygen atoms in total. The molecule has 2 rings (SSSR count). The van der Waals surface area contributed by atoms with Gasteiger partial charge in [0.25, 0.3) is 5.91 Å². The van der Waals surface area contributed by atoms with E-state index in [1.165, 1.54) is 36.4 Å². The van der Waals surface area contributed by atoms with Gasteiger partial charge in [0.15, 0.2) is 0 Å². The van der Waals surface area contributed by atoms with E-state index in [-0.39, 0.29) is 23.5 Å². The minimum atomic E-state index is -1.17. The summed E-state index contributed by atoms with van der Waals surface area (Å²) < 4.78 is 0. The number of phenols is 2. The molecule has 114 valence electrons. The zero-order valence-corrected chi connectivity index (χ0v) is 11.6. The van der Waals surface area contributed by atoms with Gasteiger partial charge in [0.05, 0.1) is 0 Å². The summed E-state index contributed by atoms with van der Waals surface area (Å²) in [6.07, 6.45) is 0.0835. The molecule has 0 aliphatic carbocycles. The molecule has 0 radical (unpaired) electrons. The predicted molar refractivity (Wildman–Crippen MR) is 78.8 cm³/mol. The van der Waals surface area contributed by atoms with Crippen LogP contribution in [-0.2, 0) is 11.2 Å². The van der Waals surface area contributed by atoms with Crippen molar-refractivity contribution in [2.24, 2.45) is 0 Å². The Hall–Kier alpha value is -3.02. The summed E-state index contributed by atoms with van der Waals surface area (Å²) in [5, 5.41) is 30.2. The van der Waals surface area contributed by atoms with Gasteiger partial charge in [0.2, 0.25) is 0 Å². The SMILES string of the molecule is O=C(NC(Cc1ccc(O)cc1)C(=O)O)c1cccc(O)c1. The van der Waals surface area contributed by atoms with Crippen LogP contribution < -0.4 is 5.32 Å². The number of carboxylic acid groups (broad SMARTS) is 1. The van der Waals surface area contributed by atoms with E-state index >= 15 is 0 Å². The van der Waals surface area contributed by atoms with Crippen LogP contribution in [0.2, 0.25) is 0 Å². The van der Waals surface area contributed by atoms with Gasteiger partial charge in [-0.15, -0.1) is 0 Å². The Bertz CT molecular complexity index is 681. The number of rotatable bonds is 5. The summed E-state index contributed by atoms with van der Waals surface area (Å²) >= 11 is 0. The summed E-state index contributed by atoms with van der Waals surface area (Å²) in [6.45, 7) is 0. The highest BCUT2D eigenvalue weighted by molar-refractivity contribution is 5.96. The zero-order valence-electron chi connectivity index (χ0n) is 11.6. The first kappa shape index (κ1) is 15.4. The Morgan fingerprint density at radius 3 is 2.27 bits per heavy atom. The lowest BCUT2D eigenvalue weighted by molar-refractivity contribution is -0.139. The summed E-state index contributed by atoms with van der Waals surface area (Å²) in [5.74, 6) is -1.74. The quantitative estimate of drug-likeness (QED) is 0.670. The monoisotopic (exact) mass is 301 g/mol. The maximum absolute atomic E-state index is 12.0. The highest BCUT2D eigenvalue weighted by atomic mass is 16.4. The van der Waals surface area contributed by atoms with E-state index in [9.17, 15) is 24.9 Å². The van der Waals surface area contributed by atoms with Gasteiger partial charge in [0.1, 0.15) is 17.5 Å². The van der Waals surface area contributed by atoms with Crippen molar-refractivity contribution in [3.8, 4) is 11.5 Å². The van der Waals surface area contributed by atoms with Crippen LogP contribution in [-0.4, -0.2) is 33.2 Å². The molecule has 0 aliphatic heterocycles. The third-order valence-electron chi connectivity index (χ3n) is 3.09. The Morgan fingerprint density at radius 2 is 1.68 bits per heavy atom. The highest BCUT2D eigenvalue weighted by Crippen LogP contribution is 2.13. The second-order valence-corrected chi connectivity index (χ2v) is 4.79. The molecule has 2 aromatic carbocycles. The largest absolute Gasteiger partial charge is 0.508 e. The number of amides is 1. The lowest BCUT2D eigenvalue weighted by Crippen LogP contribution is -2.42. The first-order valence-electron chi connectivity index (χ1n) is 6.56. The number of nitrogens with one attached hydrogen (secondary N) is 1. The lowest BCUT2D eigenvalue weighted by atomic mass is 10.1. The second kappa shape index (κ2) is 6.62. The van der Waals surface area contributed by atoms with Crippen LogP contribution in [0.3, 0.4) is 0 Å². The maximum atomic E-state index is 12.0. The van der Waals surface area contributed by atoms with Gasteiger partial charge >= 0.3 is 5.97 Å². The van der Waals surface area contributed by atoms with E-state index in [1.54, 1.807) is 12.1 Å². The third-order valence-corrected chi connectivity index (χ3v) is 3.09. The molecular formula is C16H15NO5. The molecule has 2 aromatic rings. The van der Waals surface area contributed by atoms with Gasteiger partial charge in [-0.1, -0.05) is 18.2 Å². The van der Waals surface area contributed by atoms with Crippen molar-refractivity contribution in [1.82, 2.24) is 5.32 Å². The van der Waals surface area contributed by atoms with Crippen LogP contribution >= 0.6 is 0 Å². The summed E-state index contributed by atoms with van der Waals surface area (Å²) in [5.41, 5.74) is 0.846. The molecule has 0 aliphatic rings. The van der Waals surface area contributed by atoms with Crippen LogP contribution in [0.1, 0.15) is 15.9 Å². The van der Waals surface area contributed by atoms with E-state index in [0.717, 1.165) is 0 Å². The fourth-order valence-electron chi connectivity index (χ4n) is 1.96. The number of aliphatic carboxylic acids is 1. The van der Waals surface area contributed by atoms with Crippen LogP contribution in [0.15, 0.2) is 48.5 Å². The van der Waals surface area contributed by atoms with E-state index in [2.05, 4.69) is 5.32 Å². The van der Waals surface area contributed by atoms with Gasteiger partial charge in [-0.3, -0.25) is 4.79 Å². The molecule has 1 unspecified atom stereocenters. The topological polar surface area (TPSA) is 107 Å². The molecule has 0 fully saturated rings. The van der Waals surface area contributed by atoms with Crippen LogP contribution in [0.5, 0.6) is 11.5 Å². The van der Waals surface area contributed by atoms with Gasteiger partial charge in [-0.25, -0.2) is 4.79 Å². The third kappa shape index (κ3) is 3.99. The predicted octanol–water partition coefficient (Wildman–Crippen LogP) is 1.52. The Morgan fingerprint density at radius 1 is 1.00 bits per heavy atom. The molecule has 6 heteroatoms. The van der Waals surface area contributed by atoms with E-state index in [0.29, 0.717) is 5.56 Å². The molecule has 0 spiro atoms. The number of carboxylic acids is 1. The fraction of sp³-hybridized carbons (Fsp3) is 0.125. The maximum Gasteiger partial charge on any atom is 0.326 e. The summed E-state index contributed by atoms with van der Waals surface area (Å²) in [6, 6.07) is 10.6. The highest BCUT2D eigenvalue weighted by Gasteiger charge is 2.21. The van der Waals surface area contributed by atoms with E-state index in [1.807, 2.05) is 0 Å². The molecule has 1 amide bonds. The zero-order chi connectivity index (χ0) is 16.1. The lowest BCUT2D eigenvalue weighted by Gasteiger charge is -2.15. The molecule has 0 aromatic heterocycles. The fourth-order valence-corrected chi connectivity index (χ4v) is 1.96. The van der Waals surface area contributed by atoms with Crippen molar-refractivity contribution in [1.29, 1.82) is 0 Å². The Labute approximate surface area is 126 Å². The van der Waals surface area contributed by atoms with Gasteiger partial charge in [0, 0.05) is 12.0 Å². The first-order valence-corrected chi connectivity index (χ1v) is 6.56. The van der Waals surface area contributed by atoms with Crippen LogP contribution in [0, 0.1) is 0 Å². The molecule has 0 bridgehead atoms. The minimum Gasteiger partial charge on any atom is -0.508 e. The van der Waals surface area contributed by atoms with Crippen LogP contribution in [0.25, 0.3) is 0 Å². The molecule has 0 saturated carbocycles. The number of aromatic hydroxyl groups is 2.